The van der Waals surface area contributed by atoms with Gasteiger partial charge in [-0.3, -0.25) is 9.59 Å². The van der Waals surface area contributed by atoms with Gasteiger partial charge >= 0.3 is 0 Å². The topological polar surface area (TPSA) is 65.2 Å². The van der Waals surface area contributed by atoms with Gasteiger partial charge in [0.15, 0.2) is 11.6 Å². The van der Waals surface area contributed by atoms with E-state index in [1.165, 1.54) is 24.1 Å². The summed E-state index contributed by atoms with van der Waals surface area (Å²) in [6.45, 7) is 0.581. The van der Waals surface area contributed by atoms with Gasteiger partial charge in [-0.15, -0.1) is 0 Å². The molecule has 3 aromatic carbocycles. The summed E-state index contributed by atoms with van der Waals surface area (Å²) in [6, 6.07) is 14.9. The molecule has 0 aliphatic carbocycles. The van der Waals surface area contributed by atoms with Crippen molar-refractivity contribution in [3.63, 3.8) is 0 Å². The highest BCUT2D eigenvalue weighted by Crippen LogP contribution is 2.33. The molecule has 1 atom stereocenters. The minimum absolute atomic E-state index is 0.0104. The molecule has 1 aromatic heterocycles. The number of benzene rings is 3. The maximum absolute atomic E-state index is 15.0. The first-order valence-electron chi connectivity index (χ1n) is 10.7. The zero-order valence-electron chi connectivity index (χ0n) is 18.2. The number of likely N-dealkylation sites (N-methyl/N-ethyl adjacent to an activating group) is 1. The Bertz CT molecular complexity index is 1480. The molecule has 1 amide bonds. The molecule has 1 aliphatic heterocycles. The number of nitrogens with zero attached hydrogens (tertiary/aromatic N) is 1. The number of hydrogen-bond donors (Lipinski definition) is 2. The van der Waals surface area contributed by atoms with E-state index in [1.807, 2.05) is 30.3 Å². The largest absolute Gasteiger partial charge is 0.333 e. The van der Waals surface area contributed by atoms with Crippen molar-refractivity contribution in [2.24, 2.45) is 0 Å². The Morgan fingerprint density at radius 3 is 2.32 bits per heavy atom. The van der Waals surface area contributed by atoms with Crippen LogP contribution in [0, 0.1) is 17.5 Å². The van der Waals surface area contributed by atoms with E-state index in [2.05, 4.69) is 10.3 Å². The van der Waals surface area contributed by atoms with Gasteiger partial charge in [-0.05, 0) is 40.8 Å². The van der Waals surface area contributed by atoms with Crippen LogP contribution in [0.4, 0.5) is 13.2 Å². The number of halogens is 3. The van der Waals surface area contributed by atoms with Gasteiger partial charge in [0.25, 0.3) is 11.5 Å². The van der Waals surface area contributed by atoms with Crippen LogP contribution in [-0.2, 0) is 6.54 Å². The lowest BCUT2D eigenvalue weighted by Crippen LogP contribution is -2.42. The fourth-order valence-corrected chi connectivity index (χ4v) is 4.51. The monoisotopic (exact) mass is 463 g/mol. The first-order chi connectivity index (χ1) is 16.3. The summed E-state index contributed by atoms with van der Waals surface area (Å²) in [7, 11) is 1.52. The lowest BCUT2D eigenvalue weighted by atomic mass is 9.93. The van der Waals surface area contributed by atoms with E-state index < -0.39 is 35.0 Å². The quantitative estimate of drug-likeness (QED) is 0.469. The van der Waals surface area contributed by atoms with Crippen LogP contribution in [0.5, 0.6) is 0 Å². The van der Waals surface area contributed by atoms with Crippen molar-refractivity contribution in [2.45, 2.75) is 12.6 Å². The number of amides is 1. The van der Waals surface area contributed by atoms with E-state index in [-0.39, 0.29) is 22.9 Å². The molecule has 5 rings (SSSR count). The van der Waals surface area contributed by atoms with Crippen LogP contribution in [0.2, 0.25) is 0 Å². The van der Waals surface area contributed by atoms with Gasteiger partial charge in [-0.1, -0.05) is 36.4 Å². The maximum Gasteiger partial charge on any atom is 0.257 e. The maximum atomic E-state index is 15.0. The van der Waals surface area contributed by atoms with Crippen LogP contribution in [0.3, 0.4) is 0 Å². The number of pyridine rings is 1. The normalized spacial score (nSPS) is 15.2. The Labute approximate surface area is 192 Å². The third-order valence-corrected chi connectivity index (χ3v) is 6.25. The highest BCUT2D eigenvalue weighted by Gasteiger charge is 2.31. The highest BCUT2D eigenvalue weighted by atomic mass is 19.2. The summed E-state index contributed by atoms with van der Waals surface area (Å²) in [6.07, 6.45) is 0. The van der Waals surface area contributed by atoms with Crippen molar-refractivity contribution in [3.8, 4) is 11.1 Å². The Balaban J connectivity index is 1.55. The summed E-state index contributed by atoms with van der Waals surface area (Å²) in [4.78, 5) is 29.8. The molecule has 172 valence electrons. The van der Waals surface area contributed by atoms with E-state index in [9.17, 15) is 18.4 Å². The molecular weight excluding hydrogens is 443 g/mol. The second kappa shape index (κ2) is 8.46. The first-order valence-corrected chi connectivity index (χ1v) is 10.7. The van der Waals surface area contributed by atoms with Crippen LogP contribution in [0.1, 0.15) is 27.7 Å². The zero-order valence-corrected chi connectivity index (χ0v) is 18.2. The molecule has 0 saturated heterocycles. The molecule has 0 unspecified atom stereocenters. The zero-order chi connectivity index (χ0) is 24.0. The van der Waals surface area contributed by atoms with Crippen LogP contribution in [0.25, 0.3) is 21.9 Å². The summed E-state index contributed by atoms with van der Waals surface area (Å²) < 4.78 is 42.9. The van der Waals surface area contributed by atoms with E-state index in [0.717, 1.165) is 17.7 Å². The standard InChI is InChI=1S/C26H20F3N3O2/c1-32(26(34)16-8-7-15(9-19(16)27)14-5-3-2-4-6-14)23-13-30-12-22-24(23)17-10-20(28)21(29)11-18(17)25(33)31-22/h2-11,23,30H,12-13H2,1H3,(H,31,33)/t23-/m0/s1. The Kier molecular flexibility index (Phi) is 5.45. The van der Waals surface area contributed by atoms with Crippen LogP contribution >= 0.6 is 0 Å². The number of hydrogen-bond acceptors (Lipinski definition) is 3. The molecule has 8 heteroatoms. The third-order valence-electron chi connectivity index (χ3n) is 6.25. The van der Waals surface area contributed by atoms with Crippen molar-refractivity contribution in [3.05, 3.63) is 105 Å². The number of fused-ring (bicyclic) bond motifs is 3. The Hall–Kier alpha value is -3.91. The lowest BCUT2D eigenvalue weighted by Gasteiger charge is -2.34. The number of carbonyl (C=O) groups excluding carboxylic acids is 1. The van der Waals surface area contributed by atoms with Gasteiger partial charge in [0.2, 0.25) is 0 Å². The number of rotatable bonds is 3. The number of nitrogens with one attached hydrogen (secondary N) is 2. The molecule has 34 heavy (non-hydrogen) atoms. The molecule has 2 heterocycles. The fraction of sp³-hybridized carbons (Fsp3) is 0.154. The summed E-state index contributed by atoms with van der Waals surface area (Å²) in [5, 5.41) is 3.33. The lowest BCUT2D eigenvalue weighted by molar-refractivity contribution is 0.0718. The van der Waals surface area contributed by atoms with Gasteiger partial charge in [-0.2, -0.15) is 0 Å². The summed E-state index contributed by atoms with van der Waals surface area (Å²) in [5.74, 6) is -3.46. The van der Waals surface area contributed by atoms with Gasteiger partial charge in [-0.25, -0.2) is 13.2 Å². The van der Waals surface area contributed by atoms with E-state index in [4.69, 9.17) is 0 Å². The molecule has 0 radical (unpaired) electrons. The molecule has 1 aliphatic rings. The molecule has 4 aromatic rings. The number of H-pyrrole nitrogens is 1. The molecule has 0 saturated carbocycles. The van der Waals surface area contributed by atoms with Crippen molar-refractivity contribution >= 4 is 16.7 Å². The minimum Gasteiger partial charge on any atom is -0.333 e. The van der Waals surface area contributed by atoms with E-state index in [0.29, 0.717) is 23.4 Å². The molecule has 0 bridgehead atoms. The van der Waals surface area contributed by atoms with Gasteiger partial charge < -0.3 is 15.2 Å². The van der Waals surface area contributed by atoms with Gasteiger partial charge in [0.05, 0.1) is 17.0 Å². The van der Waals surface area contributed by atoms with Gasteiger partial charge in [0, 0.05) is 31.4 Å². The van der Waals surface area contributed by atoms with Crippen molar-refractivity contribution in [1.29, 1.82) is 0 Å². The van der Waals surface area contributed by atoms with Crippen molar-refractivity contribution in [1.82, 2.24) is 15.2 Å². The second-order valence-corrected chi connectivity index (χ2v) is 8.28. The van der Waals surface area contributed by atoms with E-state index >= 15 is 4.39 Å². The van der Waals surface area contributed by atoms with Crippen molar-refractivity contribution in [2.75, 3.05) is 13.6 Å². The fourth-order valence-electron chi connectivity index (χ4n) is 4.51. The Morgan fingerprint density at radius 2 is 1.62 bits per heavy atom. The van der Waals surface area contributed by atoms with Crippen LogP contribution < -0.4 is 10.9 Å². The average Bonchev–Trinajstić information content (AvgIpc) is 2.84. The van der Waals surface area contributed by atoms with Gasteiger partial charge in [0.1, 0.15) is 5.82 Å². The number of aromatic nitrogens is 1. The molecular formula is C26H20F3N3O2. The van der Waals surface area contributed by atoms with Crippen LogP contribution in [-0.4, -0.2) is 29.4 Å². The molecule has 0 fully saturated rings. The first kappa shape index (κ1) is 21.9. The van der Waals surface area contributed by atoms with Crippen molar-refractivity contribution < 1.29 is 18.0 Å². The van der Waals surface area contributed by atoms with Crippen LogP contribution in [0.15, 0.2) is 65.5 Å². The Morgan fingerprint density at radius 1 is 0.912 bits per heavy atom. The average molecular weight is 463 g/mol. The molecule has 2 N–H and O–H groups in total. The summed E-state index contributed by atoms with van der Waals surface area (Å²) >= 11 is 0. The predicted octanol–water partition coefficient (Wildman–Crippen LogP) is 4.53. The predicted molar refractivity (Wildman–Crippen MR) is 123 cm³/mol. The molecule has 5 nitrogen and oxygen atoms in total. The number of carbonyl (C=O) groups is 1. The smallest absolute Gasteiger partial charge is 0.257 e. The SMILES string of the molecule is CN(C(=O)c1ccc(-c2ccccc2)cc1F)[C@H]1CNCc2[nH]c(=O)c3cc(F)c(F)cc3c21. The van der Waals surface area contributed by atoms with E-state index in [1.54, 1.807) is 6.07 Å². The second-order valence-electron chi connectivity index (χ2n) is 8.28. The highest BCUT2D eigenvalue weighted by molar-refractivity contribution is 5.96. The number of aromatic amines is 1. The summed E-state index contributed by atoms with van der Waals surface area (Å²) in [5.41, 5.74) is 1.78. The third kappa shape index (κ3) is 3.66. The minimum atomic E-state index is -1.13. The molecule has 0 spiro atoms.